The molecule has 0 saturated carbocycles. The molecule has 3 rings (SSSR count). The number of aromatic carboxylic acids is 1. The largest absolute Gasteiger partial charge is 0.478 e. The quantitative estimate of drug-likeness (QED) is 0.301. The van der Waals surface area contributed by atoms with Gasteiger partial charge in [0.2, 0.25) is 11.9 Å². The first-order valence-corrected chi connectivity index (χ1v) is 11.3. The summed E-state index contributed by atoms with van der Waals surface area (Å²) in [6, 6.07) is 11.4. The van der Waals surface area contributed by atoms with E-state index >= 15 is 0 Å². The number of esters is 2. The first-order chi connectivity index (χ1) is 17.4. The Kier molecular flexibility index (Phi) is 8.45. The zero-order valence-electron chi connectivity index (χ0n) is 20.5. The number of ketones is 1. The molecule has 0 aliphatic heterocycles. The highest BCUT2D eigenvalue weighted by Crippen LogP contribution is 2.19. The number of carboxylic acid groups (broad SMARTS) is 1. The number of rotatable bonds is 10. The Morgan fingerprint density at radius 1 is 1.05 bits per heavy atom. The average molecular weight is 510 g/mol. The fourth-order valence-electron chi connectivity index (χ4n) is 3.24. The monoisotopic (exact) mass is 509 g/mol. The Bertz CT molecular complexity index is 1280. The number of ether oxygens (including phenoxy) is 2. The highest BCUT2D eigenvalue weighted by Gasteiger charge is 2.37. The van der Waals surface area contributed by atoms with Gasteiger partial charge in [-0.1, -0.05) is 42.5 Å². The van der Waals surface area contributed by atoms with Crippen LogP contribution in [-0.2, 0) is 30.5 Å². The fraction of sp³-hybridized carbons (Fsp3) is 0.320. The Hall–Kier alpha value is -4.45. The van der Waals surface area contributed by atoms with Crippen molar-refractivity contribution in [2.45, 2.75) is 51.5 Å². The number of hydrogen-bond acceptors (Lipinski definition) is 10. The number of aromatic nitrogens is 4. The number of tetrazole rings is 1. The van der Waals surface area contributed by atoms with Gasteiger partial charge in [0.1, 0.15) is 12.2 Å². The molecule has 0 spiro atoms. The number of Topliss-reactive ketones (excluding diaryl/α,β-unsaturated/α-hetero) is 1. The molecular weight excluding hydrogens is 482 g/mol. The van der Waals surface area contributed by atoms with Crippen LogP contribution >= 0.6 is 0 Å². The van der Waals surface area contributed by atoms with Crippen LogP contribution in [0.5, 0.6) is 0 Å². The number of hydrogen-bond donors (Lipinski definition) is 2. The topological polar surface area (TPSA) is 177 Å². The molecule has 0 fully saturated rings. The Morgan fingerprint density at radius 2 is 1.76 bits per heavy atom. The van der Waals surface area contributed by atoms with E-state index in [2.05, 4.69) is 15.4 Å². The SMILES string of the molecule is CC(C)(C)OC(=O)CC(N)C(=O)C(C(=O)OCc1ccccc1)n1nnc(-c2cccc(C(=O)O)c2)n1. The van der Waals surface area contributed by atoms with E-state index in [4.69, 9.17) is 15.2 Å². The normalized spacial score (nSPS) is 12.9. The van der Waals surface area contributed by atoms with Crippen molar-refractivity contribution in [1.82, 2.24) is 20.2 Å². The van der Waals surface area contributed by atoms with Crippen molar-refractivity contribution in [2.24, 2.45) is 5.73 Å². The van der Waals surface area contributed by atoms with E-state index in [1.165, 1.54) is 18.2 Å². The second kappa shape index (κ2) is 11.5. The minimum absolute atomic E-state index is 0.0110. The van der Waals surface area contributed by atoms with Crippen LogP contribution in [0.4, 0.5) is 0 Å². The molecule has 0 radical (unpaired) electrons. The third kappa shape index (κ3) is 7.51. The highest BCUT2D eigenvalue weighted by atomic mass is 16.6. The molecule has 37 heavy (non-hydrogen) atoms. The van der Waals surface area contributed by atoms with Crippen LogP contribution < -0.4 is 5.73 Å². The van der Waals surface area contributed by atoms with Gasteiger partial charge in [-0.15, -0.1) is 15.0 Å². The summed E-state index contributed by atoms with van der Waals surface area (Å²) < 4.78 is 10.5. The van der Waals surface area contributed by atoms with Gasteiger partial charge in [0.05, 0.1) is 18.0 Å². The molecule has 0 bridgehead atoms. The van der Waals surface area contributed by atoms with Crippen molar-refractivity contribution >= 4 is 23.7 Å². The van der Waals surface area contributed by atoms with E-state index in [9.17, 15) is 24.3 Å². The van der Waals surface area contributed by atoms with E-state index in [0.29, 0.717) is 11.1 Å². The lowest BCUT2D eigenvalue weighted by Gasteiger charge is -2.21. The molecule has 12 heteroatoms. The lowest BCUT2D eigenvalue weighted by molar-refractivity contribution is -0.158. The van der Waals surface area contributed by atoms with Crippen LogP contribution in [0.15, 0.2) is 54.6 Å². The second-order valence-electron chi connectivity index (χ2n) is 9.11. The van der Waals surface area contributed by atoms with Gasteiger partial charge in [-0.05, 0) is 43.7 Å². The molecule has 12 nitrogen and oxygen atoms in total. The van der Waals surface area contributed by atoms with Crippen molar-refractivity contribution in [3.8, 4) is 11.4 Å². The van der Waals surface area contributed by atoms with Crippen molar-refractivity contribution < 1.29 is 33.8 Å². The van der Waals surface area contributed by atoms with Gasteiger partial charge in [-0.2, -0.15) is 0 Å². The molecule has 194 valence electrons. The predicted octanol–water partition coefficient (Wildman–Crippen LogP) is 1.95. The lowest BCUT2D eigenvalue weighted by Crippen LogP contribution is -2.43. The Balaban J connectivity index is 1.87. The third-order valence-electron chi connectivity index (χ3n) is 4.92. The molecule has 2 atom stereocenters. The van der Waals surface area contributed by atoms with Gasteiger partial charge in [-0.3, -0.25) is 9.59 Å². The number of nitrogens with zero attached hydrogens (tertiary/aromatic N) is 4. The van der Waals surface area contributed by atoms with Crippen LogP contribution in [0.25, 0.3) is 11.4 Å². The maximum Gasteiger partial charge on any atom is 0.341 e. The standard InChI is InChI=1S/C25H27N5O7/c1-25(2,3)37-19(31)13-18(26)21(32)20(24(35)36-14-15-8-5-4-6-9-15)30-28-22(27-29-30)16-10-7-11-17(12-16)23(33)34/h4-12,18,20H,13-14,26H2,1-3H3,(H,33,34). The summed E-state index contributed by atoms with van der Waals surface area (Å²) in [6.07, 6.45) is -0.485. The van der Waals surface area contributed by atoms with Crippen LogP contribution in [0.1, 0.15) is 49.2 Å². The zero-order chi connectivity index (χ0) is 27.2. The number of carboxylic acids is 1. The number of benzene rings is 2. The maximum absolute atomic E-state index is 13.2. The summed E-state index contributed by atoms with van der Waals surface area (Å²) in [5.74, 6) is -3.79. The third-order valence-corrected chi connectivity index (χ3v) is 4.92. The maximum atomic E-state index is 13.2. The van der Waals surface area contributed by atoms with E-state index in [-0.39, 0.29) is 18.0 Å². The molecular formula is C25H27N5O7. The first kappa shape index (κ1) is 27.1. The predicted molar refractivity (Wildman–Crippen MR) is 129 cm³/mol. The second-order valence-corrected chi connectivity index (χ2v) is 9.11. The smallest absolute Gasteiger partial charge is 0.341 e. The summed E-state index contributed by atoms with van der Waals surface area (Å²) in [7, 11) is 0. The minimum Gasteiger partial charge on any atom is -0.478 e. The average Bonchev–Trinajstić information content (AvgIpc) is 3.32. The first-order valence-electron chi connectivity index (χ1n) is 11.3. The van der Waals surface area contributed by atoms with Gasteiger partial charge in [0, 0.05) is 5.56 Å². The molecule has 0 amide bonds. The summed E-state index contributed by atoms with van der Waals surface area (Å²) in [6.45, 7) is 4.87. The van der Waals surface area contributed by atoms with Crippen LogP contribution in [0.2, 0.25) is 0 Å². The summed E-state index contributed by atoms with van der Waals surface area (Å²) in [4.78, 5) is 50.6. The molecule has 2 unspecified atom stereocenters. The van der Waals surface area contributed by atoms with Crippen LogP contribution in [0, 0.1) is 0 Å². The summed E-state index contributed by atoms with van der Waals surface area (Å²) in [5, 5.41) is 21.0. The van der Waals surface area contributed by atoms with Crippen molar-refractivity contribution in [1.29, 1.82) is 0 Å². The Morgan fingerprint density at radius 3 is 2.41 bits per heavy atom. The van der Waals surface area contributed by atoms with E-state index < -0.39 is 47.8 Å². The lowest BCUT2D eigenvalue weighted by atomic mass is 10.0. The molecule has 0 saturated heterocycles. The number of carbonyl (C=O) groups is 4. The van der Waals surface area contributed by atoms with Crippen molar-refractivity contribution in [3.63, 3.8) is 0 Å². The summed E-state index contributed by atoms with van der Waals surface area (Å²) >= 11 is 0. The zero-order valence-corrected chi connectivity index (χ0v) is 20.5. The van der Waals surface area contributed by atoms with E-state index in [1.807, 2.05) is 0 Å². The highest BCUT2D eigenvalue weighted by molar-refractivity contribution is 6.04. The van der Waals surface area contributed by atoms with E-state index in [0.717, 1.165) is 4.80 Å². The van der Waals surface area contributed by atoms with Crippen molar-refractivity contribution in [2.75, 3.05) is 0 Å². The van der Waals surface area contributed by atoms with Crippen LogP contribution in [0.3, 0.4) is 0 Å². The molecule has 0 aliphatic carbocycles. The molecule has 0 aliphatic rings. The van der Waals surface area contributed by atoms with Gasteiger partial charge in [0.15, 0.2) is 5.78 Å². The Labute approximate surface area is 212 Å². The van der Waals surface area contributed by atoms with E-state index in [1.54, 1.807) is 57.2 Å². The van der Waals surface area contributed by atoms with Gasteiger partial charge in [-0.25, -0.2) is 9.59 Å². The van der Waals surface area contributed by atoms with Crippen molar-refractivity contribution in [3.05, 3.63) is 65.7 Å². The number of nitrogens with two attached hydrogens (primary N) is 1. The molecule has 3 N–H and O–H groups in total. The molecule has 3 aromatic rings. The van der Waals surface area contributed by atoms with Gasteiger partial charge < -0.3 is 20.3 Å². The molecule has 1 heterocycles. The van der Waals surface area contributed by atoms with Gasteiger partial charge >= 0.3 is 17.9 Å². The molecule has 2 aromatic carbocycles. The minimum atomic E-state index is -1.75. The molecule has 1 aromatic heterocycles. The van der Waals surface area contributed by atoms with Crippen LogP contribution in [-0.4, -0.2) is 60.6 Å². The number of carbonyl (C=O) groups excluding carboxylic acids is 3. The van der Waals surface area contributed by atoms with Gasteiger partial charge in [0.25, 0.3) is 0 Å². The summed E-state index contributed by atoms with van der Waals surface area (Å²) in [5.41, 5.74) is 6.15. The fourth-order valence-corrected chi connectivity index (χ4v) is 3.24.